The SMILES string of the molecule is CCNCc1sc(S(=O)(=O)N(C)CCCOC)cc1C. The van der Waals surface area contributed by atoms with E-state index in [4.69, 9.17) is 4.74 Å². The van der Waals surface area contributed by atoms with Crippen LogP contribution in [-0.2, 0) is 21.3 Å². The quantitative estimate of drug-likeness (QED) is 0.705. The number of hydrogen-bond donors (Lipinski definition) is 1. The van der Waals surface area contributed by atoms with Gasteiger partial charge in [-0.25, -0.2) is 12.7 Å². The highest BCUT2D eigenvalue weighted by atomic mass is 32.2. The molecule has 0 atom stereocenters. The van der Waals surface area contributed by atoms with Crippen molar-refractivity contribution in [2.24, 2.45) is 0 Å². The summed E-state index contributed by atoms with van der Waals surface area (Å²) in [5.74, 6) is 0. The second kappa shape index (κ2) is 8.09. The van der Waals surface area contributed by atoms with Crippen LogP contribution in [0.5, 0.6) is 0 Å². The van der Waals surface area contributed by atoms with Gasteiger partial charge < -0.3 is 10.1 Å². The Bertz CT molecular complexity index is 512. The van der Waals surface area contributed by atoms with Crippen LogP contribution < -0.4 is 5.32 Å². The van der Waals surface area contributed by atoms with E-state index >= 15 is 0 Å². The van der Waals surface area contributed by atoms with Crippen LogP contribution in [0.1, 0.15) is 23.8 Å². The maximum Gasteiger partial charge on any atom is 0.252 e. The number of nitrogens with zero attached hydrogens (tertiary/aromatic N) is 1. The average molecular weight is 320 g/mol. The third-order valence-corrected chi connectivity index (χ3v) is 6.56. The van der Waals surface area contributed by atoms with Gasteiger partial charge in [0.25, 0.3) is 10.0 Å². The van der Waals surface area contributed by atoms with Crippen molar-refractivity contribution in [3.05, 3.63) is 16.5 Å². The first-order valence-corrected chi connectivity index (χ1v) is 8.94. The maximum absolute atomic E-state index is 12.4. The summed E-state index contributed by atoms with van der Waals surface area (Å²) in [4.78, 5) is 1.08. The van der Waals surface area contributed by atoms with Crippen molar-refractivity contribution in [1.82, 2.24) is 9.62 Å². The molecule has 20 heavy (non-hydrogen) atoms. The van der Waals surface area contributed by atoms with Gasteiger partial charge in [-0.1, -0.05) is 6.92 Å². The topological polar surface area (TPSA) is 58.6 Å². The van der Waals surface area contributed by atoms with Crippen LogP contribution in [0.4, 0.5) is 0 Å². The lowest BCUT2D eigenvalue weighted by atomic mass is 10.3. The summed E-state index contributed by atoms with van der Waals surface area (Å²) < 4.78 is 31.6. The first-order valence-electron chi connectivity index (χ1n) is 6.68. The lowest BCUT2D eigenvalue weighted by Crippen LogP contribution is -2.28. The van der Waals surface area contributed by atoms with Gasteiger partial charge in [0.2, 0.25) is 0 Å². The van der Waals surface area contributed by atoms with E-state index in [-0.39, 0.29) is 0 Å². The second-order valence-corrected chi connectivity index (χ2v) is 8.03. The van der Waals surface area contributed by atoms with Gasteiger partial charge in [-0.05, 0) is 31.5 Å². The summed E-state index contributed by atoms with van der Waals surface area (Å²) in [6.45, 7) is 6.61. The summed E-state index contributed by atoms with van der Waals surface area (Å²) in [5, 5.41) is 3.23. The van der Waals surface area contributed by atoms with Crippen LogP contribution in [0, 0.1) is 6.92 Å². The van der Waals surface area contributed by atoms with Crippen LogP contribution in [0.2, 0.25) is 0 Å². The number of ether oxygens (including phenoxy) is 1. The number of rotatable bonds is 9. The molecule has 0 aromatic carbocycles. The van der Waals surface area contributed by atoms with Gasteiger partial charge in [0.05, 0.1) is 0 Å². The largest absolute Gasteiger partial charge is 0.385 e. The lowest BCUT2D eigenvalue weighted by molar-refractivity contribution is 0.189. The van der Waals surface area contributed by atoms with E-state index in [1.165, 1.54) is 15.6 Å². The van der Waals surface area contributed by atoms with Crippen LogP contribution in [-0.4, -0.2) is 46.6 Å². The van der Waals surface area contributed by atoms with Crippen molar-refractivity contribution in [2.75, 3.05) is 33.9 Å². The Balaban J connectivity index is 2.81. The second-order valence-electron chi connectivity index (χ2n) is 4.62. The molecule has 0 unspecified atom stereocenters. The molecule has 0 aliphatic rings. The minimum absolute atomic E-state index is 0.419. The standard InChI is InChI=1S/C13H24N2O3S2/c1-5-14-10-12-11(2)9-13(19-12)20(16,17)15(3)7-6-8-18-4/h9,14H,5-8,10H2,1-4H3. The molecule has 1 aromatic heterocycles. The molecule has 1 rings (SSSR count). The van der Waals surface area contributed by atoms with Crippen molar-refractivity contribution in [1.29, 1.82) is 0 Å². The molecule has 0 saturated carbocycles. The maximum atomic E-state index is 12.4. The highest BCUT2D eigenvalue weighted by Gasteiger charge is 2.23. The fourth-order valence-corrected chi connectivity index (χ4v) is 4.71. The molecular weight excluding hydrogens is 296 g/mol. The molecule has 0 fully saturated rings. The van der Waals surface area contributed by atoms with Crippen LogP contribution in [0.25, 0.3) is 0 Å². The highest BCUT2D eigenvalue weighted by molar-refractivity contribution is 7.91. The minimum Gasteiger partial charge on any atom is -0.385 e. The van der Waals surface area contributed by atoms with E-state index in [9.17, 15) is 8.42 Å². The smallest absolute Gasteiger partial charge is 0.252 e. The third-order valence-electron chi connectivity index (χ3n) is 3.02. The fourth-order valence-electron chi connectivity index (χ4n) is 1.74. The molecule has 0 spiro atoms. The summed E-state index contributed by atoms with van der Waals surface area (Å²) in [5.41, 5.74) is 1.03. The van der Waals surface area contributed by atoms with Gasteiger partial charge in [-0.15, -0.1) is 11.3 Å². The molecule has 0 aliphatic heterocycles. The van der Waals surface area contributed by atoms with E-state index in [0.717, 1.165) is 23.5 Å². The third kappa shape index (κ3) is 4.53. The Labute approximate surface area is 126 Å². The number of aryl methyl sites for hydroxylation is 1. The molecule has 0 radical (unpaired) electrons. The Morgan fingerprint density at radius 2 is 2.15 bits per heavy atom. The Kier molecular flexibility index (Phi) is 7.11. The zero-order valence-electron chi connectivity index (χ0n) is 12.6. The molecule has 1 heterocycles. The molecule has 0 saturated heterocycles. The van der Waals surface area contributed by atoms with E-state index < -0.39 is 10.0 Å². The normalized spacial score (nSPS) is 12.2. The van der Waals surface area contributed by atoms with Crippen LogP contribution >= 0.6 is 11.3 Å². The molecule has 116 valence electrons. The van der Waals surface area contributed by atoms with Crippen LogP contribution in [0.15, 0.2) is 10.3 Å². The van der Waals surface area contributed by atoms with Gasteiger partial charge >= 0.3 is 0 Å². The molecule has 7 heteroatoms. The van der Waals surface area contributed by atoms with Gasteiger partial charge in [0.1, 0.15) is 4.21 Å². The summed E-state index contributed by atoms with van der Waals surface area (Å²) in [6, 6.07) is 1.76. The highest BCUT2D eigenvalue weighted by Crippen LogP contribution is 2.28. The summed E-state index contributed by atoms with van der Waals surface area (Å²) >= 11 is 1.35. The van der Waals surface area contributed by atoms with Crippen LogP contribution in [0.3, 0.4) is 0 Å². The predicted octanol–water partition coefficient (Wildman–Crippen LogP) is 1.82. The van der Waals surface area contributed by atoms with Gasteiger partial charge in [-0.3, -0.25) is 0 Å². The van der Waals surface area contributed by atoms with Crippen molar-refractivity contribution >= 4 is 21.4 Å². The molecule has 0 aliphatic carbocycles. The number of methoxy groups -OCH3 is 1. The molecule has 0 amide bonds. The number of hydrogen-bond acceptors (Lipinski definition) is 5. The number of nitrogens with one attached hydrogen (secondary N) is 1. The lowest BCUT2D eigenvalue weighted by Gasteiger charge is -2.15. The molecule has 5 nitrogen and oxygen atoms in total. The Morgan fingerprint density at radius 3 is 2.75 bits per heavy atom. The van der Waals surface area contributed by atoms with E-state index in [2.05, 4.69) is 5.32 Å². The van der Waals surface area contributed by atoms with E-state index in [0.29, 0.717) is 23.8 Å². The monoisotopic (exact) mass is 320 g/mol. The summed E-state index contributed by atoms with van der Waals surface area (Å²) in [7, 11) is -0.147. The summed E-state index contributed by atoms with van der Waals surface area (Å²) in [6.07, 6.45) is 0.695. The average Bonchev–Trinajstić information content (AvgIpc) is 2.78. The molecule has 1 aromatic rings. The minimum atomic E-state index is -3.38. The molecular formula is C13H24N2O3S2. The Hall–Kier alpha value is -0.470. The number of sulfonamides is 1. The molecule has 1 N–H and O–H groups in total. The fraction of sp³-hybridized carbons (Fsp3) is 0.692. The van der Waals surface area contributed by atoms with Crippen molar-refractivity contribution < 1.29 is 13.2 Å². The first kappa shape index (κ1) is 17.6. The van der Waals surface area contributed by atoms with Gasteiger partial charge in [0, 0.05) is 38.7 Å². The van der Waals surface area contributed by atoms with E-state index in [1.807, 2.05) is 13.8 Å². The molecule has 0 bridgehead atoms. The van der Waals surface area contributed by atoms with E-state index in [1.54, 1.807) is 20.2 Å². The van der Waals surface area contributed by atoms with Gasteiger partial charge in [-0.2, -0.15) is 0 Å². The van der Waals surface area contributed by atoms with Crippen molar-refractivity contribution in [3.63, 3.8) is 0 Å². The zero-order valence-corrected chi connectivity index (χ0v) is 14.2. The van der Waals surface area contributed by atoms with Gasteiger partial charge in [0.15, 0.2) is 0 Å². The predicted molar refractivity (Wildman–Crippen MR) is 82.7 cm³/mol. The van der Waals surface area contributed by atoms with Crippen molar-refractivity contribution in [2.45, 2.75) is 31.0 Å². The van der Waals surface area contributed by atoms with Crippen molar-refractivity contribution in [3.8, 4) is 0 Å². The number of thiophene rings is 1. The first-order chi connectivity index (χ1) is 9.43. The Morgan fingerprint density at radius 1 is 1.45 bits per heavy atom. The zero-order chi connectivity index (χ0) is 15.2.